The van der Waals surface area contributed by atoms with Crippen molar-refractivity contribution in [1.82, 2.24) is 4.98 Å². The zero-order valence-electron chi connectivity index (χ0n) is 8.98. The van der Waals surface area contributed by atoms with Crippen molar-refractivity contribution < 1.29 is 5.11 Å². The number of benzene rings is 1. The average molecular weight is 313 g/mol. The van der Waals surface area contributed by atoms with Gasteiger partial charge in [-0.3, -0.25) is 4.98 Å². The standard InChI is InChI=1S/C13H11BrClNO/c14-10-3-1-2-9(6-10)7-13(17)11-4-5-16-8-12(11)15/h1-6,8,13,17H,7H2. The van der Waals surface area contributed by atoms with E-state index < -0.39 is 6.10 Å². The lowest BCUT2D eigenvalue weighted by atomic mass is 10.0. The summed E-state index contributed by atoms with van der Waals surface area (Å²) in [6.07, 6.45) is 3.09. The molecule has 1 atom stereocenters. The van der Waals surface area contributed by atoms with E-state index in [0.29, 0.717) is 17.0 Å². The Morgan fingerprint density at radius 1 is 1.35 bits per heavy atom. The molecule has 0 aliphatic rings. The van der Waals surface area contributed by atoms with Crippen molar-refractivity contribution in [3.8, 4) is 0 Å². The summed E-state index contributed by atoms with van der Waals surface area (Å²) in [5.41, 5.74) is 1.77. The monoisotopic (exact) mass is 311 g/mol. The molecule has 2 rings (SSSR count). The van der Waals surface area contributed by atoms with Crippen molar-refractivity contribution in [3.63, 3.8) is 0 Å². The van der Waals surface area contributed by atoms with Gasteiger partial charge in [-0.15, -0.1) is 0 Å². The maximum absolute atomic E-state index is 10.1. The number of pyridine rings is 1. The summed E-state index contributed by atoms with van der Waals surface area (Å²) >= 11 is 9.39. The van der Waals surface area contributed by atoms with Gasteiger partial charge in [-0.1, -0.05) is 39.7 Å². The van der Waals surface area contributed by atoms with Gasteiger partial charge in [-0.2, -0.15) is 0 Å². The van der Waals surface area contributed by atoms with E-state index >= 15 is 0 Å². The third kappa shape index (κ3) is 3.28. The number of aromatic nitrogens is 1. The Kier molecular flexibility index (Phi) is 4.15. The van der Waals surface area contributed by atoms with Crippen molar-refractivity contribution in [1.29, 1.82) is 0 Å². The first-order valence-electron chi connectivity index (χ1n) is 5.19. The lowest BCUT2D eigenvalue weighted by Gasteiger charge is -2.12. The smallest absolute Gasteiger partial charge is 0.0845 e. The van der Waals surface area contributed by atoms with E-state index in [1.807, 2.05) is 24.3 Å². The quantitative estimate of drug-likeness (QED) is 0.936. The van der Waals surface area contributed by atoms with Crippen molar-refractivity contribution in [2.45, 2.75) is 12.5 Å². The number of nitrogens with zero attached hydrogens (tertiary/aromatic N) is 1. The second-order valence-electron chi connectivity index (χ2n) is 3.75. The molecule has 0 saturated carbocycles. The molecule has 0 aliphatic heterocycles. The predicted molar refractivity (Wildman–Crippen MR) is 72.1 cm³/mol. The van der Waals surface area contributed by atoms with Crippen LogP contribution < -0.4 is 0 Å². The van der Waals surface area contributed by atoms with Gasteiger partial charge in [0.2, 0.25) is 0 Å². The van der Waals surface area contributed by atoms with E-state index in [4.69, 9.17) is 11.6 Å². The highest BCUT2D eigenvalue weighted by Gasteiger charge is 2.12. The first-order chi connectivity index (χ1) is 8.16. The van der Waals surface area contributed by atoms with Gasteiger partial charge in [0.25, 0.3) is 0 Å². The summed E-state index contributed by atoms with van der Waals surface area (Å²) < 4.78 is 1.00. The molecule has 88 valence electrons. The predicted octanol–water partition coefficient (Wildman–Crippen LogP) is 3.77. The summed E-state index contributed by atoms with van der Waals surface area (Å²) in [6.45, 7) is 0. The van der Waals surface area contributed by atoms with Gasteiger partial charge in [0.05, 0.1) is 11.1 Å². The first kappa shape index (κ1) is 12.6. The summed E-state index contributed by atoms with van der Waals surface area (Å²) in [5.74, 6) is 0. The minimum atomic E-state index is -0.611. The van der Waals surface area contributed by atoms with Crippen LogP contribution in [0.4, 0.5) is 0 Å². The number of hydrogen-bond donors (Lipinski definition) is 1. The molecule has 0 bridgehead atoms. The van der Waals surface area contributed by atoms with Gasteiger partial charge in [-0.05, 0) is 23.8 Å². The van der Waals surface area contributed by atoms with Gasteiger partial charge in [0, 0.05) is 28.9 Å². The summed E-state index contributed by atoms with van der Waals surface area (Å²) in [4.78, 5) is 3.90. The number of aliphatic hydroxyl groups is 1. The number of halogens is 2. The molecule has 2 nitrogen and oxygen atoms in total. The minimum Gasteiger partial charge on any atom is -0.388 e. The zero-order chi connectivity index (χ0) is 12.3. The third-order valence-electron chi connectivity index (χ3n) is 2.48. The van der Waals surface area contributed by atoms with Crippen molar-refractivity contribution in [3.05, 3.63) is 63.3 Å². The van der Waals surface area contributed by atoms with E-state index in [0.717, 1.165) is 10.0 Å². The van der Waals surface area contributed by atoms with Crippen molar-refractivity contribution >= 4 is 27.5 Å². The molecule has 0 spiro atoms. The molecule has 1 aromatic carbocycles. The number of hydrogen-bond acceptors (Lipinski definition) is 2. The van der Waals surface area contributed by atoms with Gasteiger partial charge in [0.1, 0.15) is 0 Å². The van der Waals surface area contributed by atoms with E-state index in [9.17, 15) is 5.11 Å². The van der Waals surface area contributed by atoms with E-state index in [2.05, 4.69) is 20.9 Å². The molecule has 1 heterocycles. The van der Waals surface area contributed by atoms with Crippen LogP contribution in [0.3, 0.4) is 0 Å². The SMILES string of the molecule is OC(Cc1cccc(Br)c1)c1ccncc1Cl. The van der Waals surface area contributed by atoms with Crippen LogP contribution in [0, 0.1) is 0 Å². The van der Waals surface area contributed by atoms with E-state index in [1.165, 1.54) is 0 Å². The molecule has 1 aromatic heterocycles. The number of aliphatic hydroxyl groups excluding tert-OH is 1. The van der Waals surface area contributed by atoms with Crippen molar-refractivity contribution in [2.75, 3.05) is 0 Å². The topological polar surface area (TPSA) is 33.1 Å². The summed E-state index contributed by atoms with van der Waals surface area (Å²) in [5, 5.41) is 10.6. The second kappa shape index (κ2) is 5.63. The Balaban J connectivity index is 2.17. The summed E-state index contributed by atoms with van der Waals surface area (Å²) in [7, 11) is 0. The maximum Gasteiger partial charge on any atom is 0.0845 e. The van der Waals surface area contributed by atoms with Crippen LogP contribution in [0.25, 0.3) is 0 Å². The molecule has 17 heavy (non-hydrogen) atoms. The second-order valence-corrected chi connectivity index (χ2v) is 5.07. The van der Waals surface area contributed by atoms with E-state index in [-0.39, 0.29) is 0 Å². The van der Waals surface area contributed by atoms with Crippen LogP contribution in [0.1, 0.15) is 17.2 Å². The van der Waals surface area contributed by atoms with Crippen LogP contribution in [0.2, 0.25) is 5.02 Å². The largest absolute Gasteiger partial charge is 0.388 e. The fourth-order valence-electron chi connectivity index (χ4n) is 1.65. The molecular formula is C13H11BrClNO. The highest BCUT2D eigenvalue weighted by Crippen LogP contribution is 2.25. The maximum atomic E-state index is 10.1. The van der Waals surface area contributed by atoms with Gasteiger partial charge >= 0.3 is 0 Å². The average Bonchev–Trinajstić information content (AvgIpc) is 2.29. The molecule has 0 amide bonds. The van der Waals surface area contributed by atoms with Gasteiger partial charge in [-0.25, -0.2) is 0 Å². The van der Waals surface area contributed by atoms with Crippen LogP contribution >= 0.6 is 27.5 Å². The van der Waals surface area contributed by atoms with Crippen LogP contribution in [-0.2, 0) is 6.42 Å². The molecule has 0 aliphatic carbocycles. The van der Waals surface area contributed by atoms with Crippen LogP contribution in [-0.4, -0.2) is 10.1 Å². The van der Waals surface area contributed by atoms with Crippen LogP contribution in [0.15, 0.2) is 47.2 Å². The first-order valence-corrected chi connectivity index (χ1v) is 6.36. The Hall–Kier alpha value is -0.900. The third-order valence-corrected chi connectivity index (χ3v) is 3.29. The molecule has 0 fully saturated rings. The molecule has 0 radical (unpaired) electrons. The Labute approximate surface area is 113 Å². The molecule has 2 aromatic rings. The fourth-order valence-corrected chi connectivity index (χ4v) is 2.35. The molecule has 0 saturated heterocycles. The molecule has 4 heteroatoms. The Bertz CT molecular complexity index is 518. The highest BCUT2D eigenvalue weighted by atomic mass is 79.9. The molecule has 1 unspecified atom stereocenters. The highest BCUT2D eigenvalue weighted by molar-refractivity contribution is 9.10. The minimum absolute atomic E-state index is 0.495. The summed E-state index contributed by atoms with van der Waals surface area (Å²) in [6, 6.07) is 9.60. The molecule has 1 N–H and O–H groups in total. The zero-order valence-corrected chi connectivity index (χ0v) is 11.3. The normalized spacial score (nSPS) is 12.4. The molecular weight excluding hydrogens is 302 g/mol. The van der Waals surface area contributed by atoms with Crippen LogP contribution in [0.5, 0.6) is 0 Å². The fraction of sp³-hybridized carbons (Fsp3) is 0.154. The van der Waals surface area contributed by atoms with Crippen molar-refractivity contribution in [2.24, 2.45) is 0 Å². The van der Waals surface area contributed by atoms with Gasteiger partial charge < -0.3 is 5.11 Å². The lowest BCUT2D eigenvalue weighted by Crippen LogP contribution is -2.02. The lowest BCUT2D eigenvalue weighted by molar-refractivity contribution is 0.178. The van der Waals surface area contributed by atoms with E-state index in [1.54, 1.807) is 18.5 Å². The Morgan fingerprint density at radius 3 is 2.88 bits per heavy atom. The Morgan fingerprint density at radius 2 is 2.18 bits per heavy atom. The number of rotatable bonds is 3. The van der Waals surface area contributed by atoms with Gasteiger partial charge in [0.15, 0.2) is 0 Å².